The SMILES string of the molecule is CCC(C)c1cc(C(C)(C)C)c(C(C)C)cc1C(C)(C)C. The number of hydrogen-bond acceptors (Lipinski definition) is 0. The van der Waals surface area contributed by atoms with Gasteiger partial charge in [0.1, 0.15) is 0 Å². The molecule has 1 unspecified atom stereocenters. The normalized spacial score (nSPS) is 14.6. The summed E-state index contributed by atoms with van der Waals surface area (Å²) in [7, 11) is 0. The molecule has 0 saturated heterocycles. The minimum absolute atomic E-state index is 0.207. The van der Waals surface area contributed by atoms with Gasteiger partial charge in [0, 0.05) is 0 Å². The van der Waals surface area contributed by atoms with Crippen LogP contribution in [0.5, 0.6) is 0 Å². The lowest BCUT2D eigenvalue weighted by Gasteiger charge is -2.32. The molecule has 0 aliphatic rings. The van der Waals surface area contributed by atoms with Gasteiger partial charge in [-0.3, -0.25) is 0 Å². The predicted molar refractivity (Wildman–Crippen MR) is 96.6 cm³/mol. The summed E-state index contributed by atoms with van der Waals surface area (Å²) < 4.78 is 0. The maximum absolute atomic E-state index is 2.52. The first kappa shape index (κ1) is 18.3. The molecule has 0 heterocycles. The monoisotopic (exact) mass is 288 g/mol. The first-order chi connectivity index (χ1) is 9.39. The molecule has 0 bridgehead atoms. The third kappa shape index (κ3) is 4.11. The molecule has 0 N–H and O–H groups in total. The summed E-state index contributed by atoms with van der Waals surface area (Å²) in [6.45, 7) is 23.3. The molecule has 1 aromatic rings. The molecular weight excluding hydrogens is 252 g/mol. The Morgan fingerprint density at radius 3 is 1.48 bits per heavy atom. The highest BCUT2D eigenvalue weighted by molar-refractivity contribution is 5.47. The summed E-state index contributed by atoms with van der Waals surface area (Å²) in [4.78, 5) is 0. The van der Waals surface area contributed by atoms with E-state index in [0.717, 1.165) is 0 Å². The van der Waals surface area contributed by atoms with Gasteiger partial charge in [0.05, 0.1) is 0 Å². The topological polar surface area (TPSA) is 0 Å². The van der Waals surface area contributed by atoms with Crippen molar-refractivity contribution in [3.05, 3.63) is 34.4 Å². The van der Waals surface area contributed by atoms with E-state index in [1.807, 2.05) is 0 Å². The fourth-order valence-electron chi connectivity index (χ4n) is 3.04. The zero-order valence-corrected chi connectivity index (χ0v) is 16.0. The molecule has 0 aliphatic carbocycles. The molecule has 1 rings (SSSR count). The van der Waals surface area contributed by atoms with E-state index in [4.69, 9.17) is 0 Å². The van der Waals surface area contributed by atoms with E-state index >= 15 is 0 Å². The van der Waals surface area contributed by atoms with Crippen molar-refractivity contribution in [1.29, 1.82) is 0 Å². The molecule has 0 saturated carbocycles. The van der Waals surface area contributed by atoms with Crippen LogP contribution in [0.4, 0.5) is 0 Å². The van der Waals surface area contributed by atoms with E-state index in [9.17, 15) is 0 Å². The Kier molecular flexibility index (Phi) is 5.35. The summed E-state index contributed by atoms with van der Waals surface area (Å²) >= 11 is 0. The molecule has 0 fully saturated rings. The van der Waals surface area contributed by atoms with Crippen molar-refractivity contribution in [3.8, 4) is 0 Å². The predicted octanol–water partition coefficient (Wildman–Crippen LogP) is 6.92. The highest BCUT2D eigenvalue weighted by Gasteiger charge is 2.27. The lowest BCUT2D eigenvalue weighted by Crippen LogP contribution is -2.21. The van der Waals surface area contributed by atoms with Crippen molar-refractivity contribution in [2.45, 2.75) is 98.3 Å². The zero-order valence-electron chi connectivity index (χ0n) is 16.0. The molecule has 0 spiro atoms. The van der Waals surface area contributed by atoms with E-state index < -0.39 is 0 Å². The minimum Gasteiger partial charge on any atom is -0.0648 e. The highest BCUT2D eigenvalue weighted by Crippen LogP contribution is 2.39. The maximum Gasteiger partial charge on any atom is -0.0129 e. The number of benzene rings is 1. The molecule has 1 atom stereocenters. The number of hydrogen-bond donors (Lipinski definition) is 0. The van der Waals surface area contributed by atoms with Crippen molar-refractivity contribution in [2.75, 3.05) is 0 Å². The maximum atomic E-state index is 2.52. The smallest absolute Gasteiger partial charge is 0.0129 e. The van der Waals surface area contributed by atoms with Gasteiger partial charge in [-0.05, 0) is 51.3 Å². The van der Waals surface area contributed by atoms with E-state index in [0.29, 0.717) is 11.8 Å². The molecule has 0 nitrogen and oxygen atoms in total. The first-order valence-corrected chi connectivity index (χ1v) is 8.58. The van der Waals surface area contributed by atoms with E-state index in [1.165, 1.54) is 23.1 Å². The quantitative estimate of drug-likeness (QED) is 0.566. The molecule has 120 valence electrons. The van der Waals surface area contributed by atoms with Crippen LogP contribution in [0.2, 0.25) is 0 Å². The van der Waals surface area contributed by atoms with Crippen LogP contribution in [-0.4, -0.2) is 0 Å². The highest BCUT2D eigenvalue weighted by atomic mass is 14.3. The van der Waals surface area contributed by atoms with Crippen LogP contribution in [0.25, 0.3) is 0 Å². The summed E-state index contributed by atoms with van der Waals surface area (Å²) in [5.74, 6) is 1.20. The fraction of sp³-hybridized carbons (Fsp3) is 0.714. The van der Waals surface area contributed by atoms with Crippen molar-refractivity contribution in [3.63, 3.8) is 0 Å². The Balaban J connectivity index is 3.71. The summed E-state index contributed by atoms with van der Waals surface area (Å²) in [5.41, 5.74) is 6.56. The van der Waals surface area contributed by atoms with Crippen LogP contribution < -0.4 is 0 Å². The van der Waals surface area contributed by atoms with Crippen LogP contribution in [0.3, 0.4) is 0 Å². The second-order valence-corrected chi connectivity index (χ2v) is 8.99. The first-order valence-electron chi connectivity index (χ1n) is 8.58. The largest absolute Gasteiger partial charge is 0.0648 e. The standard InChI is InChI=1S/C21H36/c1-11-15(4)17-13-18(20(5,6)7)16(14(2)3)12-19(17)21(8,9)10/h12-15H,11H2,1-10H3. The lowest BCUT2D eigenvalue weighted by atomic mass is 9.72. The molecule has 0 amide bonds. The second kappa shape index (κ2) is 6.15. The average Bonchev–Trinajstić information content (AvgIpc) is 2.33. The third-order valence-corrected chi connectivity index (χ3v) is 4.60. The summed E-state index contributed by atoms with van der Waals surface area (Å²) in [5, 5.41) is 0. The molecular formula is C21H36. The van der Waals surface area contributed by atoms with Gasteiger partial charge in [-0.15, -0.1) is 0 Å². The van der Waals surface area contributed by atoms with Gasteiger partial charge in [0.2, 0.25) is 0 Å². The Hall–Kier alpha value is -0.780. The van der Waals surface area contributed by atoms with E-state index in [1.54, 1.807) is 5.56 Å². The Morgan fingerprint density at radius 2 is 1.14 bits per heavy atom. The molecule has 0 aromatic heterocycles. The molecule has 0 radical (unpaired) electrons. The van der Waals surface area contributed by atoms with Crippen LogP contribution in [-0.2, 0) is 10.8 Å². The second-order valence-electron chi connectivity index (χ2n) is 8.99. The molecule has 1 aromatic carbocycles. The van der Waals surface area contributed by atoms with E-state index in [-0.39, 0.29) is 10.8 Å². The van der Waals surface area contributed by atoms with Gasteiger partial charge in [0.25, 0.3) is 0 Å². The van der Waals surface area contributed by atoms with Crippen molar-refractivity contribution in [2.24, 2.45) is 0 Å². The van der Waals surface area contributed by atoms with Crippen molar-refractivity contribution >= 4 is 0 Å². The van der Waals surface area contributed by atoms with Gasteiger partial charge in [0.15, 0.2) is 0 Å². The fourth-order valence-corrected chi connectivity index (χ4v) is 3.04. The summed E-state index contributed by atoms with van der Waals surface area (Å²) in [6.07, 6.45) is 1.20. The van der Waals surface area contributed by atoms with Crippen LogP contribution in [0.1, 0.15) is 110 Å². The number of rotatable bonds is 3. The molecule has 21 heavy (non-hydrogen) atoms. The van der Waals surface area contributed by atoms with Crippen LogP contribution >= 0.6 is 0 Å². The minimum atomic E-state index is 0.207. The van der Waals surface area contributed by atoms with Gasteiger partial charge < -0.3 is 0 Å². The molecule has 0 aliphatic heterocycles. The van der Waals surface area contributed by atoms with Crippen LogP contribution in [0, 0.1) is 0 Å². The third-order valence-electron chi connectivity index (χ3n) is 4.60. The van der Waals surface area contributed by atoms with Crippen molar-refractivity contribution in [1.82, 2.24) is 0 Å². The van der Waals surface area contributed by atoms with Crippen LogP contribution in [0.15, 0.2) is 12.1 Å². The van der Waals surface area contributed by atoms with Gasteiger partial charge in [-0.2, -0.15) is 0 Å². The van der Waals surface area contributed by atoms with Gasteiger partial charge in [-0.25, -0.2) is 0 Å². The Morgan fingerprint density at radius 1 is 0.762 bits per heavy atom. The van der Waals surface area contributed by atoms with Gasteiger partial charge in [-0.1, -0.05) is 81.4 Å². The summed E-state index contributed by atoms with van der Waals surface area (Å²) in [6, 6.07) is 5.02. The lowest BCUT2D eigenvalue weighted by molar-refractivity contribution is 0.550. The Labute approximate surface area is 133 Å². The Bertz CT molecular complexity index is 478. The van der Waals surface area contributed by atoms with Crippen molar-refractivity contribution < 1.29 is 0 Å². The molecule has 0 heteroatoms. The van der Waals surface area contributed by atoms with Gasteiger partial charge >= 0.3 is 0 Å². The van der Waals surface area contributed by atoms with E-state index in [2.05, 4.69) is 81.4 Å². The zero-order chi connectivity index (χ0) is 16.6. The average molecular weight is 289 g/mol.